The smallest absolute Gasteiger partial charge is 0.327 e. The van der Waals surface area contributed by atoms with Gasteiger partial charge in [-0.25, -0.2) is 4.79 Å². The third-order valence-corrected chi connectivity index (χ3v) is 2.39. The number of likely N-dealkylation sites (N-methyl/N-ethyl adjacent to an activating group) is 1. The lowest BCUT2D eigenvalue weighted by atomic mass is 10.1. The molecule has 0 aliphatic rings. The highest BCUT2D eigenvalue weighted by Crippen LogP contribution is 2.17. The third-order valence-electron chi connectivity index (χ3n) is 2.13. The standard InChI is InChI=1S/C12H16ClNO2/c1-3-14-11(12(15)16-4-2)9-5-7-10(13)8-6-9/h5-8,11,14H,3-4H2,1-2H3/t11-/m1/s1. The number of hydrogen-bond acceptors (Lipinski definition) is 3. The van der Waals surface area contributed by atoms with Gasteiger partial charge in [0.25, 0.3) is 0 Å². The molecule has 88 valence electrons. The summed E-state index contributed by atoms with van der Waals surface area (Å²) in [6.07, 6.45) is 0. The molecule has 16 heavy (non-hydrogen) atoms. The molecule has 1 N–H and O–H groups in total. The van der Waals surface area contributed by atoms with Crippen LogP contribution in [0.3, 0.4) is 0 Å². The fourth-order valence-corrected chi connectivity index (χ4v) is 1.55. The van der Waals surface area contributed by atoms with Crippen molar-refractivity contribution < 1.29 is 9.53 Å². The molecule has 0 fully saturated rings. The van der Waals surface area contributed by atoms with Crippen LogP contribution in [0, 0.1) is 0 Å². The zero-order valence-corrected chi connectivity index (χ0v) is 10.3. The summed E-state index contributed by atoms with van der Waals surface area (Å²) in [6.45, 7) is 4.82. The Morgan fingerprint density at radius 1 is 1.38 bits per heavy atom. The van der Waals surface area contributed by atoms with Crippen LogP contribution >= 0.6 is 11.6 Å². The summed E-state index contributed by atoms with van der Waals surface area (Å²) in [7, 11) is 0. The van der Waals surface area contributed by atoms with Crippen LogP contribution in [-0.4, -0.2) is 19.1 Å². The molecule has 1 rings (SSSR count). The third kappa shape index (κ3) is 3.51. The van der Waals surface area contributed by atoms with E-state index in [4.69, 9.17) is 16.3 Å². The summed E-state index contributed by atoms with van der Waals surface area (Å²) in [5, 5.41) is 3.74. The van der Waals surface area contributed by atoms with Crippen molar-refractivity contribution in [2.24, 2.45) is 0 Å². The molecule has 0 saturated carbocycles. The average Bonchev–Trinajstić information content (AvgIpc) is 2.28. The number of carbonyl (C=O) groups is 1. The first kappa shape index (κ1) is 13.0. The number of esters is 1. The van der Waals surface area contributed by atoms with Crippen molar-refractivity contribution in [3.8, 4) is 0 Å². The zero-order valence-electron chi connectivity index (χ0n) is 9.50. The van der Waals surface area contributed by atoms with E-state index in [2.05, 4.69) is 5.32 Å². The van der Waals surface area contributed by atoms with Crippen LogP contribution in [0.15, 0.2) is 24.3 Å². The number of ether oxygens (including phenoxy) is 1. The summed E-state index contributed by atoms with van der Waals surface area (Å²) in [5.74, 6) is -0.258. The van der Waals surface area contributed by atoms with Gasteiger partial charge in [-0.05, 0) is 31.2 Å². The molecule has 0 saturated heterocycles. The molecule has 3 nitrogen and oxygen atoms in total. The zero-order chi connectivity index (χ0) is 12.0. The monoisotopic (exact) mass is 241 g/mol. The molecule has 1 atom stereocenters. The maximum Gasteiger partial charge on any atom is 0.327 e. The van der Waals surface area contributed by atoms with Gasteiger partial charge in [-0.3, -0.25) is 0 Å². The summed E-state index contributed by atoms with van der Waals surface area (Å²) < 4.78 is 5.01. The molecule has 4 heteroatoms. The van der Waals surface area contributed by atoms with Crippen molar-refractivity contribution in [1.82, 2.24) is 5.32 Å². The Bertz CT molecular complexity index is 337. The van der Waals surface area contributed by atoms with E-state index in [1.807, 2.05) is 19.1 Å². The van der Waals surface area contributed by atoms with E-state index in [1.54, 1.807) is 19.1 Å². The van der Waals surface area contributed by atoms with Crippen LogP contribution in [0.1, 0.15) is 25.5 Å². The van der Waals surface area contributed by atoms with Gasteiger partial charge in [-0.2, -0.15) is 0 Å². The largest absolute Gasteiger partial charge is 0.465 e. The normalized spacial score (nSPS) is 12.2. The van der Waals surface area contributed by atoms with Crippen LogP contribution in [0.25, 0.3) is 0 Å². The Kier molecular flexibility index (Phi) is 5.29. The summed E-state index contributed by atoms with van der Waals surface area (Å²) >= 11 is 5.80. The number of benzene rings is 1. The van der Waals surface area contributed by atoms with Crippen molar-refractivity contribution in [1.29, 1.82) is 0 Å². The van der Waals surface area contributed by atoms with Gasteiger partial charge in [-0.15, -0.1) is 0 Å². The molecular weight excluding hydrogens is 226 g/mol. The van der Waals surface area contributed by atoms with Crippen molar-refractivity contribution in [3.63, 3.8) is 0 Å². The van der Waals surface area contributed by atoms with Crippen LogP contribution in [0.2, 0.25) is 5.02 Å². The summed E-state index contributed by atoms with van der Waals surface area (Å²) in [5.41, 5.74) is 0.865. The number of hydrogen-bond donors (Lipinski definition) is 1. The first-order valence-electron chi connectivity index (χ1n) is 5.34. The Morgan fingerprint density at radius 2 is 2.00 bits per heavy atom. The molecule has 0 aliphatic heterocycles. The Labute approximate surface area is 101 Å². The number of halogens is 1. The van der Waals surface area contributed by atoms with Gasteiger partial charge in [0.15, 0.2) is 0 Å². The lowest BCUT2D eigenvalue weighted by molar-refractivity contribution is -0.145. The average molecular weight is 242 g/mol. The SMILES string of the molecule is CCN[C@@H](C(=O)OCC)c1ccc(Cl)cc1. The van der Waals surface area contributed by atoms with Crippen LogP contribution in [0.5, 0.6) is 0 Å². The molecule has 0 heterocycles. The molecule has 0 radical (unpaired) electrons. The highest BCUT2D eigenvalue weighted by Gasteiger charge is 2.20. The summed E-state index contributed by atoms with van der Waals surface area (Å²) in [4.78, 5) is 11.7. The first-order valence-corrected chi connectivity index (χ1v) is 5.72. The molecule has 0 aromatic heterocycles. The van der Waals surface area contributed by atoms with Crippen LogP contribution in [-0.2, 0) is 9.53 Å². The van der Waals surface area contributed by atoms with Gasteiger partial charge in [0.1, 0.15) is 6.04 Å². The second kappa shape index (κ2) is 6.51. The number of carbonyl (C=O) groups excluding carboxylic acids is 1. The first-order chi connectivity index (χ1) is 7.69. The number of rotatable bonds is 5. The molecule has 0 spiro atoms. The molecule has 0 unspecified atom stereocenters. The second-order valence-electron chi connectivity index (χ2n) is 3.29. The van der Waals surface area contributed by atoms with Crippen LogP contribution in [0.4, 0.5) is 0 Å². The van der Waals surface area contributed by atoms with E-state index in [0.29, 0.717) is 18.2 Å². The van der Waals surface area contributed by atoms with E-state index in [0.717, 1.165) is 5.56 Å². The van der Waals surface area contributed by atoms with E-state index < -0.39 is 6.04 Å². The van der Waals surface area contributed by atoms with Gasteiger partial charge in [0.05, 0.1) is 6.61 Å². The maximum absolute atomic E-state index is 11.7. The highest BCUT2D eigenvalue weighted by molar-refractivity contribution is 6.30. The quantitative estimate of drug-likeness (QED) is 0.806. The fraction of sp³-hybridized carbons (Fsp3) is 0.417. The molecule has 0 aliphatic carbocycles. The Morgan fingerprint density at radius 3 is 2.50 bits per heavy atom. The van der Waals surface area contributed by atoms with E-state index >= 15 is 0 Å². The molecule has 1 aromatic rings. The van der Waals surface area contributed by atoms with E-state index in [9.17, 15) is 4.79 Å². The minimum Gasteiger partial charge on any atom is -0.465 e. The minimum atomic E-state index is -0.415. The van der Waals surface area contributed by atoms with Gasteiger partial charge in [-0.1, -0.05) is 30.7 Å². The number of nitrogens with one attached hydrogen (secondary N) is 1. The molecule has 1 aromatic carbocycles. The van der Waals surface area contributed by atoms with Crippen LogP contribution < -0.4 is 5.32 Å². The van der Waals surface area contributed by atoms with Crippen molar-refractivity contribution >= 4 is 17.6 Å². The molecular formula is C12H16ClNO2. The maximum atomic E-state index is 11.7. The minimum absolute atomic E-state index is 0.258. The fourth-order valence-electron chi connectivity index (χ4n) is 1.42. The van der Waals surface area contributed by atoms with Gasteiger partial charge >= 0.3 is 5.97 Å². The molecule has 0 bridgehead atoms. The second-order valence-corrected chi connectivity index (χ2v) is 3.73. The van der Waals surface area contributed by atoms with Crippen molar-refractivity contribution in [2.75, 3.05) is 13.2 Å². The van der Waals surface area contributed by atoms with Crippen molar-refractivity contribution in [2.45, 2.75) is 19.9 Å². The lowest BCUT2D eigenvalue weighted by Crippen LogP contribution is -2.30. The predicted molar refractivity (Wildman–Crippen MR) is 64.5 cm³/mol. The highest BCUT2D eigenvalue weighted by atomic mass is 35.5. The van der Waals surface area contributed by atoms with Gasteiger partial charge in [0.2, 0.25) is 0 Å². The Hall–Kier alpha value is -1.06. The summed E-state index contributed by atoms with van der Waals surface area (Å²) in [6, 6.07) is 6.77. The topological polar surface area (TPSA) is 38.3 Å². The predicted octanol–water partition coefficient (Wildman–Crippen LogP) is 2.55. The lowest BCUT2D eigenvalue weighted by Gasteiger charge is -2.16. The van der Waals surface area contributed by atoms with E-state index in [-0.39, 0.29) is 5.97 Å². The Balaban J connectivity index is 2.84. The van der Waals surface area contributed by atoms with E-state index in [1.165, 1.54) is 0 Å². The van der Waals surface area contributed by atoms with Gasteiger partial charge in [0, 0.05) is 5.02 Å². The molecule has 0 amide bonds. The van der Waals surface area contributed by atoms with Crippen molar-refractivity contribution in [3.05, 3.63) is 34.9 Å². The van der Waals surface area contributed by atoms with Gasteiger partial charge < -0.3 is 10.1 Å².